The molecule has 0 saturated carbocycles. The van der Waals surface area contributed by atoms with Crippen molar-refractivity contribution in [2.45, 2.75) is 66.4 Å². The van der Waals surface area contributed by atoms with Crippen LogP contribution in [0.4, 0.5) is 0 Å². The average Bonchev–Trinajstić information content (AvgIpc) is 2.38. The molecule has 0 heterocycles. The standard InChI is InChI=1S/C18H28O2/c1-7-17(3,4)13-14-10-9-11-15(12-14)16(19)20-18(5,6)8-2/h9-12H,7-8,13H2,1-6H3. The van der Waals surface area contributed by atoms with E-state index in [9.17, 15) is 4.79 Å². The number of carbonyl (C=O) groups is 1. The van der Waals surface area contributed by atoms with Crippen LogP contribution in [0.5, 0.6) is 0 Å². The molecule has 0 N–H and O–H groups in total. The van der Waals surface area contributed by atoms with E-state index in [-0.39, 0.29) is 11.4 Å². The largest absolute Gasteiger partial charge is 0.456 e. The van der Waals surface area contributed by atoms with Gasteiger partial charge in [-0.2, -0.15) is 0 Å². The summed E-state index contributed by atoms with van der Waals surface area (Å²) in [5, 5.41) is 0. The minimum absolute atomic E-state index is 0.229. The molecule has 20 heavy (non-hydrogen) atoms. The summed E-state index contributed by atoms with van der Waals surface area (Å²) < 4.78 is 5.55. The van der Waals surface area contributed by atoms with E-state index in [1.807, 2.05) is 39.0 Å². The Morgan fingerprint density at radius 3 is 2.30 bits per heavy atom. The second-order valence-electron chi connectivity index (χ2n) is 6.90. The Hall–Kier alpha value is -1.31. The Kier molecular flexibility index (Phi) is 5.38. The molecule has 0 unspecified atom stereocenters. The second-order valence-corrected chi connectivity index (χ2v) is 6.90. The normalized spacial score (nSPS) is 12.3. The van der Waals surface area contributed by atoms with Crippen molar-refractivity contribution in [2.24, 2.45) is 5.41 Å². The predicted molar refractivity (Wildman–Crippen MR) is 84.0 cm³/mol. The van der Waals surface area contributed by atoms with Crippen LogP contribution in [0.15, 0.2) is 24.3 Å². The maximum atomic E-state index is 12.2. The lowest BCUT2D eigenvalue weighted by Gasteiger charge is -2.24. The molecule has 0 radical (unpaired) electrons. The van der Waals surface area contributed by atoms with Gasteiger partial charge in [0.1, 0.15) is 5.60 Å². The molecule has 2 heteroatoms. The van der Waals surface area contributed by atoms with Crippen LogP contribution in [0, 0.1) is 5.41 Å². The summed E-state index contributed by atoms with van der Waals surface area (Å²) in [7, 11) is 0. The molecule has 0 atom stereocenters. The molecule has 1 aromatic rings. The van der Waals surface area contributed by atoms with Crippen molar-refractivity contribution >= 4 is 5.97 Å². The van der Waals surface area contributed by atoms with Gasteiger partial charge in [-0.1, -0.05) is 46.2 Å². The van der Waals surface area contributed by atoms with Crippen LogP contribution in [0.1, 0.15) is 70.3 Å². The van der Waals surface area contributed by atoms with Gasteiger partial charge in [-0.3, -0.25) is 0 Å². The molecular weight excluding hydrogens is 248 g/mol. The Morgan fingerprint density at radius 1 is 1.10 bits per heavy atom. The fourth-order valence-electron chi connectivity index (χ4n) is 1.87. The summed E-state index contributed by atoms with van der Waals surface area (Å²) in [6, 6.07) is 7.82. The first kappa shape index (κ1) is 16.7. The maximum absolute atomic E-state index is 12.2. The van der Waals surface area contributed by atoms with E-state index in [0.717, 1.165) is 19.3 Å². The summed E-state index contributed by atoms with van der Waals surface area (Å²) in [4.78, 5) is 12.2. The molecule has 0 aromatic heterocycles. The van der Waals surface area contributed by atoms with E-state index < -0.39 is 5.60 Å². The van der Waals surface area contributed by atoms with Crippen molar-refractivity contribution in [3.05, 3.63) is 35.4 Å². The molecule has 0 fully saturated rings. The van der Waals surface area contributed by atoms with Crippen molar-refractivity contribution < 1.29 is 9.53 Å². The van der Waals surface area contributed by atoms with Crippen LogP contribution < -0.4 is 0 Å². The molecule has 112 valence electrons. The van der Waals surface area contributed by atoms with Gasteiger partial charge in [0.2, 0.25) is 0 Å². The third-order valence-electron chi connectivity index (χ3n) is 4.02. The van der Waals surface area contributed by atoms with E-state index >= 15 is 0 Å². The van der Waals surface area contributed by atoms with Gasteiger partial charge >= 0.3 is 5.97 Å². The zero-order valence-electron chi connectivity index (χ0n) is 13.7. The lowest BCUT2D eigenvalue weighted by atomic mass is 9.83. The van der Waals surface area contributed by atoms with Crippen LogP contribution >= 0.6 is 0 Å². The summed E-state index contributed by atoms with van der Waals surface area (Å²) in [6.45, 7) is 12.6. The smallest absolute Gasteiger partial charge is 0.338 e. The summed E-state index contributed by atoms with van der Waals surface area (Å²) >= 11 is 0. The van der Waals surface area contributed by atoms with Gasteiger partial charge in [0, 0.05) is 0 Å². The fourth-order valence-corrected chi connectivity index (χ4v) is 1.87. The van der Waals surface area contributed by atoms with Gasteiger partial charge in [-0.25, -0.2) is 4.79 Å². The minimum atomic E-state index is -0.407. The molecule has 1 aromatic carbocycles. The number of carbonyl (C=O) groups excluding carboxylic acids is 1. The van der Waals surface area contributed by atoms with Crippen molar-refractivity contribution in [2.75, 3.05) is 0 Å². The van der Waals surface area contributed by atoms with Gasteiger partial charge in [-0.05, 0) is 49.8 Å². The topological polar surface area (TPSA) is 26.3 Å². The fraction of sp³-hybridized carbons (Fsp3) is 0.611. The molecule has 0 aliphatic rings. The lowest BCUT2D eigenvalue weighted by Crippen LogP contribution is -2.27. The molecule has 0 amide bonds. The van der Waals surface area contributed by atoms with Crippen LogP contribution in [-0.4, -0.2) is 11.6 Å². The highest BCUT2D eigenvalue weighted by atomic mass is 16.6. The number of hydrogen-bond acceptors (Lipinski definition) is 2. The average molecular weight is 276 g/mol. The summed E-state index contributed by atoms with van der Waals surface area (Å²) in [5.74, 6) is -0.229. The first-order valence-electron chi connectivity index (χ1n) is 7.51. The molecule has 0 aliphatic carbocycles. The lowest BCUT2D eigenvalue weighted by molar-refractivity contribution is -0.00245. The van der Waals surface area contributed by atoms with Crippen molar-refractivity contribution in [1.82, 2.24) is 0 Å². The number of rotatable bonds is 6. The van der Waals surface area contributed by atoms with Gasteiger partial charge in [-0.15, -0.1) is 0 Å². The van der Waals surface area contributed by atoms with E-state index in [2.05, 4.69) is 26.8 Å². The molecule has 0 saturated heterocycles. The quantitative estimate of drug-likeness (QED) is 0.683. The highest BCUT2D eigenvalue weighted by Gasteiger charge is 2.22. The van der Waals surface area contributed by atoms with Crippen molar-refractivity contribution in [1.29, 1.82) is 0 Å². The van der Waals surface area contributed by atoms with Crippen molar-refractivity contribution in [3.8, 4) is 0 Å². The van der Waals surface area contributed by atoms with E-state index in [1.165, 1.54) is 5.56 Å². The number of ether oxygens (including phenoxy) is 1. The highest BCUT2D eigenvalue weighted by Crippen LogP contribution is 2.26. The maximum Gasteiger partial charge on any atom is 0.338 e. The van der Waals surface area contributed by atoms with Crippen LogP contribution in [-0.2, 0) is 11.2 Å². The second kappa shape index (κ2) is 6.43. The number of hydrogen-bond donors (Lipinski definition) is 0. The zero-order valence-corrected chi connectivity index (χ0v) is 13.7. The van der Waals surface area contributed by atoms with Crippen molar-refractivity contribution in [3.63, 3.8) is 0 Å². The SMILES string of the molecule is CCC(C)(C)Cc1cccc(C(=O)OC(C)(C)CC)c1. The third kappa shape index (κ3) is 4.99. The number of esters is 1. The van der Waals surface area contributed by atoms with E-state index in [0.29, 0.717) is 5.56 Å². The first-order chi connectivity index (χ1) is 9.19. The van der Waals surface area contributed by atoms with E-state index in [1.54, 1.807) is 0 Å². The van der Waals surface area contributed by atoms with Gasteiger partial charge in [0.15, 0.2) is 0 Å². The monoisotopic (exact) mass is 276 g/mol. The third-order valence-corrected chi connectivity index (χ3v) is 4.02. The zero-order chi connectivity index (χ0) is 15.4. The molecule has 1 rings (SSSR count). The Labute approximate surface area is 123 Å². The Morgan fingerprint density at radius 2 is 1.75 bits per heavy atom. The molecule has 0 aliphatic heterocycles. The van der Waals surface area contributed by atoms with Gasteiger partial charge in [0.25, 0.3) is 0 Å². The number of benzene rings is 1. The van der Waals surface area contributed by atoms with Crippen LogP contribution in [0.3, 0.4) is 0 Å². The Bertz CT molecular complexity index is 458. The predicted octanol–water partition coefficient (Wildman–Crippen LogP) is 5.01. The Balaban J connectivity index is 2.85. The molecule has 0 spiro atoms. The summed E-state index contributed by atoms with van der Waals surface area (Å²) in [6.07, 6.45) is 2.90. The van der Waals surface area contributed by atoms with Gasteiger partial charge < -0.3 is 4.74 Å². The van der Waals surface area contributed by atoms with Gasteiger partial charge in [0.05, 0.1) is 5.56 Å². The minimum Gasteiger partial charge on any atom is -0.456 e. The molecule has 2 nitrogen and oxygen atoms in total. The first-order valence-corrected chi connectivity index (χ1v) is 7.51. The molecule has 0 bridgehead atoms. The summed E-state index contributed by atoms with van der Waals surface area (Å²) in [5.41, 5.74) is 1.69. The van der Waals surface area contributed by atoms with Crippen LogP contribution in [0.2, 0.25) is 0 Å². The van der Waals surface area contributed by atoms with E-state index in [4.69, 9.17) is 4.74 Å². The van der Waals surface area contributed by atoms with Crippen LogP contribution in [0.25, 0.3) is 0 Å². The highest BCUT2D eigenvalue weighted by molar-refractivity contribution is 5.89. The molecular formula is C18H28O2.